The molecule has 0 radical (unpaired) electrons. The third-order valence-corrected chi connectivity index (χ3v) is 8.76. The molecule has 5 atom stereocenters. The van der Waals surface area contributed by atoms with Crippen molar-refractivity contribution in [2.24, 2.45) is 0 Å². The monoisotopic (exact) mass is 554 g/mol. The third kappa shape index (κ3) is 12.2. The first-order valence-electron chi connectivity index (χ1n) is 12.0. The van der Waals surface area contributed by atoms with Gasteiger partial charge >= 0.3 is 5.97 Å². The van der Waals surface area contributed by atoms with Gasteiger partial charge in [-0.1, -0.05) is 0 Å². The van der Waals surface area contributed by atoms with Gasteiger partial charge in [-0.15, -0.1) is 0 Å². The molecule has 1 fully saturated rings. The number of carbonyl (C=O) groups is 1. The summed E-state index contributed by atoms with van der Waals surface area (Å²) in [5.41, 5.74) is 0. The van der Waals surface area contributed by atoms with Crippen molar-refractivity contribution >= 4 is 47.6 Å². The van der Waals surface area contributed by atoms with Crippen LogP contribution in [0.3, 0.4) is 0 Å². The van der Waals surface area contributed by atoms with Crippen molar-refractivity contribution in [3.05, 3.63) is 0 Å². The van der Waals surface area contributed by atoms with Crippen molar-refractivity contribution in [1.82, 2.24) is 0 Å². The highest BCUT2D eigenvalue weighted by molar-refractivity contribution is 6.72. The largest absolute Gasteiger partial charge is 0.518 e. The van der Waals surface area contributed by atoms with Crippen LogP contribution in [0.5, 0.6) is 0 Å². The van der Waals surface area contributed by atoms with Gasteiger partial charge in [-0.2, -0.15) is 0 Å². The summed E-state index contributed by atoms with van der Waals surface area (Å²) in [5.74, 6) is -0.391. The van der Waals surface area contributed by atoms with E-state index in [4.69, 9.17) is 26.9 Å². The van der Waals surface area contributed by atoms with E-state index in [1.165, 1.54) is 0 Å². The SMILES string of the molecule is C[Si](C)(C)OC(=O)[C@H]1O[C@H](O[Si](C)(C)C)[C@H](O[Si](C)(C)C)[C@@H](O[Si](C)(C)C)[C@H]1O[Si](C)(C)C. The van der Waals surface area contributed by atoms with Crippen LogP contribution in [0.2, 0.25) is 98.2 Å². The maximum Gasteiger partial charge on any atom is 0.324 e. The van der Waals surface area contributed by atoms with Gasteiger partial charge in [-0.3, -0.25) is 4.79 Å². The Morgan fingerprint density at radius 3 is 1.24 bits per heavy atom. The van der Waals surface area contributed by atoms with Crippen LogP contribution in [0.4, 0.5) is 0 Å². The Morgan fingerprint density at radius 1 is 0.515 bits per heavy atom. The maximum atomic E-state index is 13.4. The minimum atomic E-state index is -2.15. The van der Waals surface area contributed by atoms with E-state index in [9.17, 15) is 4.79 Å². The lowest BCUT2D eigenvalue weighted by Gasteiger charge is -2.51. The molecule has 0 N–H and O–H groups in total. The normalized spacial score (nSPS) is 28.0. The first-order valence-corrected chi connectivity index (χ1v) is 29.0. The Balaban J connectivity index is 3.62. The number of carbonyl (C=O) groups excluding carboxylic acids is 1. The zero-order chi connectivity index (χ0) is 26.2. The van der Waals surface area contributed by atoms with Gasteiger partial charge in [0.25, 0.3) is 0 Å². The molecule has 0 unspecified atom stereocenters. The summed E-state index contributed by atoms with van der Waals surface area (Å²) in [6.45, 7) is 31.5. The number of rotatable bonds is 10. The molecule has 0 aliphatic carbocycles. The van der Waals surface area contributed by atoms with E-state index in [1.54, 1.807) is 0 Å². The Hall–Kier alpha value is 0.354. The standard InChI is InChI=1S/C21H50O7Si5/c1-29(2,3)24-16-17(25-30(4,5)6)19(26-31(7,8)9)21(28-33(13,14)15)23-18(16)20(22)27-32(10,11)12/h16-19,21H,1-15H3/t16-,17+,18+,19-,21-/m1/s1. The second kappa shape index (κ2) is 10.8. The molecular formula is C21H50O7Si5. The molecule has 33 heavy (non-hydrogen) atoms. The molecule has 0 amide bonds. The molecule has 1 heterocycles. The van der Waals surface area contributed by atoms with Crippen LogP contribution in [0, 0.1) is 0 Å². The molecule has 196 valence electrons. The third-order valence-electron chi connectivity index (χ3n) is 4.07. The van der Waals surface area contributed by atoms with Crippen LogP contribution in [0.25, 0.3) is 0 Å². The molecule has 12 heteroatoms. The molecule has 1 aliphatic heterocycles. The molecular weight excluding hydrogens is 505 g/mol. The average molecular weight is 555 g/mol. The highest BCUT2D eigenvalue weighted by Gasteiger charge is 2.55. The van der Waals surface area contributed by atoms with Gasteiger partial charge in [-0.25, -0.2) is 0 Å². The van der Waals surface area contributed by atoms with Gasteiger partial charge in [0.05, 0.1) is 0 Å². The van der Waals surface area contributed by atoms with E-state index in [-0.39, 0.29) is 0 Å². The van der Waals surface area contributed by atoms with Gasteiger partial charge in [0.1, 0.15) is 18.3 Å². The van der Waals surface area contributed by atoms with Gasteiger partial charge in [0.2, 0.25) is 8.32 Å². The van der Waals surface area contributed by atoms with Crippen molar-refractivity contribution in [2.45, 2.75) is 129 Å². The summed E-state index contributed by atoms with van der Waals surface area (Å²) >= 11 is 0. The lowest BCUT2D eigenvalue weighted by Crippen LogP contribution is -2.68. The van der Waals surface area contributed by atoms with E-state index in [1.807, 2.05) is 19.6 Å². The van der Waals surface area contributed by atoms with Crippen molar-refractivity contribution in [3.63, 3.8) is 0 Å². The van der Waals surface area contributed by atoms with Crippen LogP contribution in [-0.2, 0) is 31.7 Å². The van der Waals surface area contributed by atoms with Gasteiger partial charge in [-0.05, 0) is 98.2 Å². The summed E-state index contributed by atoms with van der Waals surface area (Å²) in [7, 11) is -10.3. The zero-order valence-electron chi connectivity index (χ0n) is 23.7. The molecule has 7 nitrogen and oxygen atoms in total. The topological polar surface area (TPSA) is 72.5 Å². The summed E-state index contributed by atoms with van der Waals surface area (Å²) in [5, 5.41) is 0. The molecule has 0 bridgehead atoms. The van der Waals surface area contributed by atoms with Crippen molar-refractivity contribution in [1.29, 1.82) is 0 Å². The molecule has 1 aliphatic rings. The maximum absolute atomic E-state index is 13.4. The quantitative estimate of drug-likeness (QED) is 0.325. The highest BCUT2D eigenvalue weighted by atomic mass is 28.4. The lowest BCUT2D eigenvalue weighted by molar-refractivity contribution is -0.262. The lowest BCUT2D eigenvalue weighted by atomic mass is 9.99. The Labute approximate surface area is 207 Å². The van der Waals surface area contributed by atoms with Gasteiger partial charge < -0.3 is 26.9 Å². The number of hydrogen-bond acceptors (Lipinski definition) is 7. The van der Waals surface area contributed by atoms with Crippen LogP contribution >= 0.6 is 0 Å². The molecule has 0 spiro atoms. The molecule has 1 saturated heterocycles. The summed E-state index contributed by atoms with van der Waals surface area (Å²) in [6, 6.07) is 0. The minimum Gasteiger partial charge on any atom is -0.518 e. The summed E-state index contributed by atoms with van der Waals surface area (Å²) in [6.07, 6.45) is -3.22. The predicted molar refractivity (Wildman–Crippen MR) is 147 cm³/mol. The molecule has 0 saturated carbocycles. The smallest absolute Gasteiger partial charge is 0.324 e. The van der Waals surface area contributed by atoms with Crippen LogP contribution < -0.4 is 0 Å². The van der Waals surface area contributed by atoms with E-state index < -0.39 is 78.3 Å². The van der Waals surface area contributed by atoms with E-state index in [0.717, 1.165) is 0 Å². The fourth-order valence-corrected chi connectivity index (χ4v) is 8.24. The zero-order valence-corrected chi connectivity index (χ0v) is 28.7. The second-order valence-corrected chi connectivity index (χ2v) is 36.0. The predicted octanol–water partition coefficient (Wildman–Crippen LogP) is 5.60. The summed E-state index contributed by atoms with van der Waals surface area (Å²) < 4.78 is 38.8. The fraction of sp³-hybridized carbons (Fsp3) is 0.952. The van der Waals surface area contributed by atoms with Crippen LogP contribution in [0.15, 0.2) is 0 Å². The van der Waals surface area contributed by atoms with E-state index in [2.05, 4.69) is 78.6 Å². The highest BCUT2D eigenvalue weighted by Crippen LogP contribution is 2.35. The van der Waals surface area contributed by atoms with Crippen LogP contribution in [-0.4, -0.2) is 78.3 Å². The Bertz CT molecular complexity index is 656. The van der Waals surface area contributed by atoms with Crippen molar-refractivity contribution < 1.29 is 31.7 Å². The van der Waals surface area contributed by atoms with Crippen LogP contribution in [0.1, 0.15) is 0 Å². The number of hydrogen-bond donors (Lipinski definition) is 0. The van der Waals surface area contributed by atoms with Gasteiger partial charge in [0.15, 0.2) is 45.7 Å². The molecule has 0 aromatic heterocycles. The molecule has 0 aromatic carbocycles. The van der Waals surface area contributed by atoms with E-state index in [0.29, 0.717) is 0 Å². The minimum absolute atomic E-state index is 0.391. The fourth-order valence-electron chi connectivity index (χ4n) is 3.42. The summed E-state index contributed by atoms with van der Waals surface area (Å²) in [4.78, 5) is 13.4. The number of ether oxygens (including phenoxy) is 1. The Morgan fingerprint density at radius 2 is 0.879 bits per heavy atom. The Kier molecular flexibility index (Phi) is 10.2. The van der Waals surface area contributed by atoms with Crippen molar-refractivity contribution in [2.75, 3.05) is 0 Å². The van der Waals surface area contributed by atoms with Gasteiger partial charge in [0, 0.05) is 0 Å². The molecule has 0 aromatic rings. The van der Waals surface area contributed by atoms with E-state index >= 15 is 0 Å². The first kappa shape index (κ1) is 31.4. The van der Waals surface area contributed by atoms with Crippen molar-refractivity contribution in [3.8, 4) is 0 Å². The average Bonchev–Trinajstić information content (AvgIpc) is 2.45. The second-order valence-electron chi connectivity index (χ2n) is 13.8. The molecule has 1 rings (SSSR count). The first-order chi connectivity index (χ1) is 14.4.